The largest absolute Gasteiger partial charge is 0.332 e. The Morgan fingerprint density at radius 1 is 0.897 bits per heavy atom. The van der Waals surface area contributed by atoms with Gasteiger partial charge in [0.05, 0.1) is 17.2 Å². The lowest BCUT2D eigenvalue weighted by Gasteiger charge is -2.30. The fourth-order valence-corrected chi connectivity index (χ4v) is 4.84. The maximum Gasteiger partial charge on any atom is 0.332 e. The molecule has 0 saturated carbocycles. The van der Waals surface area contributed by atoms with Gasteiger partial charge < -0.3 is 0 Å². The van der Waals surface area contributed by atoms with Crippen LogP contribution >= 0.6 is 15.9 Å². The molecule has 0 bridgehead atoms. The molecule has 144 valence electrons. The molecule has 0 amide bonds. The van der Waals surface area contributed by atoms with Crippen molar-refractivity contribution in [2.75, 3.05) is 0 Å². The smallest absolute Gasteiger partial charge is 0.293 e. The molecule has 0 N–H and O–H groups in total. The van der Waals surface area contributed by atoms with Crippen LogP contribution in [0.15, 0.2) is 67.6 Å². The minimum absolute atomic E-state index is 0.0501. The molecule has 2 aromatic carbocycles. The van der Waals surface area contributed by atoms with Crippen molar-refractivity contribution in [3.63, 3.8) is 0 Å². The second kappa shape index (κ2) is 6.22. The van der Waals surface area contributed by atoms with Gasteiger partial charge in [-0.3, -0.25) is 18.7 Å². The summed E-state index contributed by atoms with van der Waals surface area (Å²) in [5.74, 6) is -0.857. The SMILES string of the molecule is Cn1c2c(c(=O)n(C)c1=O)[C@H](c1cccc(Br)c1)[C@H]1C(=O)c3ccccc3C1=N2. The number of carbonyl (C=O) groups excluding carboxylic acids is 1. The molecule has 2 heterocycles. The van der Waals surface area contributed by atoms with Crippen LogP contribution in [0.25, 0.3) is 0 Å². The summed E-state index contributed by atoms with van der Waals surface area (Å²) in [5.41, 5.74) is 2.33. The number of halogens is 1. The first-order valence-electron chi connectivity index (χ1n) is 9.17. The highest BCUT2D eigenvalue weighted by Crippen LogP contribution is 2.46. The number of rotatable bonds is 1. The Bertz CT molecular complexity index is 1370. The minimum Gasteiger partial charge on any atom is -0.293 e. The summed E-state index contributed by atoms with van der Waals surface area (Å²) in [6.45, 7) is 0. The van der Waals surface area contributed by atoms with Gasteiger partial charge in [-0.15, -0.1) is 0 Å². The van der Waals surface area contributed by atoms with Gasteiger partial charge in [-0.25, -0.2) is 9.79 Å². The fourth-order valence-electron chi connectivity index (χ4n) is 4.43. The second-order valence-corrected chi connectivity index (χ2v) is 8.28. The number of benzene rings is 2. The van der Waals surface area contributed by atoms with Crippen molar-refractivity contribution in [3.05, 3.63) is 96.1 Å². The van der Waals surface area contributed by atoms with Crippen LogP contribution in [0.5, 0.6) is 0 Å². The van der Waals surface area contributed by atoms with Gasteiger partial charge in [0.25, 0.3) is 5.56 Å². The van der Waals surface area contributed by atoms with E-state index in [0.717, 1.165) is 20.2 Å². The van der Waals surface area contributed by atoms with Crippen molar-refractivity contribution in [3.8, 4) is 0 Å². The monoisotopic (exact) mass is 449 g/mol. The third-order valence-electron chi connectivity index (χ3n) is 5.79. The molecule has 2 aliphatic rings. The zero-order chi connectivity index (χ0) is 20.4. The van der Waals surface area contributed by atoms with Crippen LogP contribution in [0, 0.1) is 5.92 Å². The number of fused-ring (bicyclic) bond motifs is 4. The molecule has 1 aliphatic heterocycles. The first kappa shape index (κ1) is 18.0. The Kier molecular flexibility index (Phi) is 3.86. The van der Waals surface area contributed by atoms with Crippen molar-refractivity contribution >= 4 is 33.2 Å². The average molecular weight is 450 g/mol. The van der Waals surface area contributed by atoms with E-state index in [9.17, 15) is 14.4 Å². The van der Waals surface area contributed by atoms with Crippen molar-refractivity contribution < 1.29 is 4.79 Å². The highest BCUT2D eigenvalue weighted by Gasteiger charge is 2.47. The van der Waals surface area contributed by atoms with E-state index in [0.29, 0.717) is 22.7 Å². The molecule has 0 spiro atoms. The highest BCUT2D eigenvalue weighted by atomic mass is 79.9. The van der Waals surface area contributed by atoms with Crippen LogP contribution in [0.2, 0.25) is 0 Å². The predicted molar refractivity (Wildman–Crippen MR) is 113 cm³/mol. The maximum absolute atomic E-state index is 13.4. The van der Waals surface area contributed by atoms with E-state index in [4.69, 9.17) is 4.99 Å². The van der Waals surface area contributed by atoms with Gasteiger partial charge >= 0.3 is 5.69 Å². The standard InChI is InChI=1S/C22H16BrN3O3/c1-25-20-17(21(28)26(2)22(25)29)15(11-6-5-7-12(23)10-11)16-18(24-20)13-8-3-4-9-14(13)19(16)27/h3-10,15-16H,1-2H3/t15-,16-/m1/s1. The summed E-state index contributed by atoms with van der Waals surface area (Å²) in [6, 6.07) is 14.9. The van der Waals surface area contributed by atoms with Crippen LogP contribution in [0.3, 0.4) is 0 Å². The first-order chi connectivity index (χ1) is 13.9. The number of ketones is 1. The van der Waals surface area contributed by atoms with Crippen molar-refractivity contribution in [2.24, 2.45) is 25.0 Å². The van der Waals surface area contributed by atoms with Gasteiger partial charge in [-0.1, -0.05) is 52.3 Å². The molecular formula is C22H16BrN3O3. The van der Waals surface area contributed by atoms with E-state index in [-0.39, 0.29) is 5.78 Å². The van der Waals surface area contributed by atoms with Gasteiger partial charge in [0.2, 0.25) is 0 Å². The van der Waals surface area contributed by atoms with E-state index in [1.165, 1.54) is 11.6 Å². The van der Waals surface area contributed by atoms with Crippen LogP contribution in [0.1, 0.15) is 33.0 Å². The number of Topliss-reactive ketones (excluding diaryl/α,β-unsaturated/α-hetero) is 1. The van der Waals surface area contributed by atoms with Gasteiger partial charge in [0.15, 0.2) is 5.78 Å². The summed E-state index contributed by atoms with van der Waals surface area (Å²) in [4.78, 5) is 43.8. The molecule has 3 aromatic rings. The average Bonchev–Trinajstić information content (AvgIpc) is 3.01. The van der Waals surface area contributed by atoms with E-state index in [2.05, 4.69) is 15.9 Å². The third-order valence-corrected chi connectivity index (χ3v) is 6.28. The Labute approximate surface area is 174 Å². The zero-order valence-electron chi connectivity index (χ0n) is 15.7. The molecule has 2 atom stereocenters. The van der Waals surface area contributed by atoms with E-state index >= 15 is 0 Å². The van der Waals surface area contributed by atoms with E-state index in [1.54, 1.807) is 13.1 Å². The number of aliphatic imine (C=N–C) groups is 1. The molecule has 6 nitrogen and oxygen atoms in total. The summed E-state index contributed by atoms with van der Waals surface area (Å²) in [6.07, 6.45) is 0. The molecule has 5 rings (SSSR count). The van der Waals surface area contributed by atoms with Crippen molar-refractivity contribution in [2.45, 2.75) is 5.92 Å². The van der Waals surface area contributed by atoms with Gasteiger partial charge in [0.1, 0.15) is 5.82 Å². The van der Waals surface area contributed by atoms with Crippen molar-refractivity contribution in [1.29, 1.82) is 0 Å². The Morgan fingerprint density at radius 2 is 1.62 bits per heavy atom. The number of aromatic nitrogens is 2. The summed E-state index contributed by atoms with van der Waals surface area (Å²) in [7, 11) is 3.05. The molecule has 7 heteroatoms. The number of carbonyl (C=O) groups is 1. The van der Waals surface area contributed by atoms with Crippen LogP contribution in [-0.4, -0.2) is 20.6 Å². The molecule has 0 unspecified atom stereocenters. The normalized spacial score (nSPS) is 19.4. The van der Waals surface area contributed by atoms with Gasteiger partial charge in [-0.05, 0) is 17.7 Å². The second-order valence-electron chi connectivity index (χ2n) is 7.36. The first-order valence-corrected chi connectivity index (χ1v) is 9.97. The molecule has 1 aliphatic carbocycles. The minimum atomic E-state index is -0.598. The Balaban J connectivity index is 1.92. The van der Waals surface area contributed by atoms with Crippen LogP contribution in [-0.2, 0) is 14.1 Å². The predicted octanol–water partition coefficient (Wildman–Crippen LogP) is 2.93. The number of hydrogen-bond donors (Lipinski definition) is 0. The molecule has 29 heavy (non-hydrogen) atoms. The number of nitrogens with zero attached hydrogens (tertiary/aromatic N) is 3. The highest BCUT2D eigenvalue weighted by molar-refractivity contribution is 9.10. The lowest BCUT2D eigenvalue weighted by molar-refractivity contribution is 0.0953. The molecule has 0 radical (unpaired) electrons. The Hall–Kier alpha value is -3.06. The fraction of sp³-hybridized carbons (Fsp3) is 0.182. The summed E-state index contributed by atoms with van der Waals surface area (Å²) in [5, 5.41) is 0. The quantitative estimate of drug-likeness (QED) is 0.573. The summed E-state index contributed by atoms with van der Waals surface area (Å²) < 4.78 is 3.32. The molecule has 0 saturated heterocycles. The third kappa shape index (κ3) is 2.40. The molecule has 0 fully saturated rings. The summed E-state index contributed by atoms with van der Waals surface area (Å²) >= 11 is 3.49. The zero-order valence-corrected chi connectivity index (χ0v) is 17.3. The lowest BCUT2D eigenvalue weighted by atomic mass is 9.76. The van der Waals surface area contributed by atoms with E-state index in [1.807, 2.05) is 42.5 Å². The van der Waals surface area contributed by atoms with E-state index < -0.39 is 23.1 Å². The maximum atomic E-state index is 13.4. The lowest BCUT2D eigenvalue weighted by Crippen LogP contribution is -2.43. The van der Waals surface area contributed by atoms with Crippen LogP contribution < -0.4 is 11.2 Å². The van der Waals surface area contributed by atoms with Gasteiger partial charge in [0, 0.05) is 35.6 Å². The van der Waals surface area contributed by atoms with Crippen LogP contribution in [0.4, 0.5) is 5.82 Å². The Morgan fingerprint density at radius 3 is 2.34 bits per heavy atom. The number of hydrogen-bond acceptors (Lipinski definition) is 4. The molecule has 1 aromatic heterocycles. The van der Waals surface area contributed by atoms with Gasteiger partial charge in [-0.2, -0.15) is 0 Å². The topological polar surface area (TPSA) is 73.4 Å². The molecular weight excluding hydrogens is 434 g/mol. The van der Waals surface area contributed by atoms with Crippen molar-refractivity contribution in [1.82, 2.24) is 9.13 Å².